The van der Waals surface area contributed by atoms with E-state index in [-0.39, 0.29) is 17.0 Å². The van der Waals surface area contributed by atoms with Gasteiger partial charge in [0, 0.05) is 11.1 Å². The molecule has 4 rings (SSSR count). The molecule has 134 valence electrons. The van der Waals surface area contributed by atoms with Gasteiger partial charge in [0.15, 0.2) is 0 Å². The maximum absolute atomic E-state index is 12.7. The molecule has 1 N–H and O–H groups in total. The van der Waals surface area contributed by atoms with E-state index in [9.17, 15) is 4.79 Å². The highest BCUT2D eigenvalue weighted by Gasteiger charge is 2.17. The zero-order valence-electron chi connectivity index (χ0n) is 14.8. The third-order valence-corrected chi connectivity index (χ3v) is 5.40. The zero-order chi connectivity index (χ0) is 19.7. The molecule has 0 aliphatic rings. The van der Waals surface area contributed by atoms with Crippen molar-refractivity contribution in [2.24, 2.45) is 0 Å². The normalized spacial score (nSPS) is 10.4. The van der Waals surface area contributed by atoms with E-state index in [2.05, 4.69) is 10.4 Å². The number of hydrogen-bond donors (Lipinski definition) is 1. The summed E-state index contributed by atoms with van der Waals surface area (Å²) in [6.07, 6.45) is 0. The SMILES string of the molecule is Cc1nn(-c2ccccc2)c2sc(C(=O)Nc3ccc(C#N)c(C#N)c3)cc12. The molecule has 6 nitrogen and oxygen atoms in total. The first kappa shape index (κ1) is 17.5. The Hall–Kier alpha value is -3.94. The molecule has 0 unspecified atom stereocenters. The number of rotatable bonds is 3. The molecule has 1 amide bonds. The van der Waals surface area contributed by atoms with Gasteiger partial charge in [0.1, 0.15) is 17.0 Å². The van der Waals surface area contributed by atoms with Gasteiger partial charge in [-0.25, -0.2) is 4.68 Å². The molecule has 28 heavy (non-hydrogen) atoms. The molecule has 0 saturated carbocycles. The van der Waals surface area contributed by atoms with Gasteiger partial charge in [-0.3, -0.25) is 4.79 Å². The Balaban J connectivity index is 1.68. The summed E-state index contributed by atoms with van der Waals surface area (Å²) in [5, 5.41) is 26.4. The van der Waals surface area contributed by atoms with Crippen LogP contribution in [0.5, 0.6) is 0 Å². The summed E-state index contributed by atoms with van der Waals surface area (Å²) < 4.78 is 1.83. The van der Waals surface area contributed by atoms with Crippen LogP contribution in [0.2, 0.25) is 0 Å². The molecular weight excluding hydrogens is 370 g/mol. The van der Waals surface area contributed by atoms with Gasteiger partial charge in [0.05, 0.1) is 27.4 Å². The third kappa shape index (κ3) is 3.01. The Morgan fingerprint density at radius 2 is 1.82 bits per heavy atom. The second-order valence-electron chi connectivity index (χ2n) is 6.10. The largest absolute Gasteiger partial charge is 0.321 e. The van der Waals surface area contributed by atoms with E-state index < -0.39 is 0 Å². The molecule has 4 aromatic rings. The standard InChI is InChI=1S/C21H13N5OS/c1-13-18-10-19(28-21(18)26(25-13)17-5-3-2-4-6-17)20(27)24-16-8-7-14(11-22)15(9-16)12-23/h2-10H,1H3,(H,24,27). The van der Waals surface area contributed by atoms with Crippen LogP contribution in [0.1, 0.15) is 26.5 Å². The maximum Gasteiger partial charge on any atom is 0.265 e. The van der Waals surface area contributed by atoms with Crippen molar-refractivity contribution in [2.45, 2.75) is 6.92 Å². The van der Waals surface area contributed by atoms with Gasteiger partial charge in [-0.05, 0) is 43.3 Å². The summed E-state index contributed by atoms with van der Waals surface area (Å²) in [6, 6.07) is 20.1. The highest BCUT2D eigenvalue weighted by atomic mass is 32.1. The Labute approximate surface area is 164 Å². The molecule has 0 fully saturated rings. The lowest BCUT2D eigenvalue weighted by molar-refractivity contribution is 0.103. The number of nitrogens with one attached hydrogen (secondary N) is 1. The lowest BCUT2D eigenvalue weighted by Gasteiger charge is -2.05. The first-order chi connectivity index (χ1) is 13.6. The first-order valence-electron chi connectivity index (χ1n) is 8.41. The van der Waals surface area contributed by atoms with Gasteiger partial charge >= 0.3 is 0 Å². The van der Waals surface area contributed by atoms with Crippen LogP contribution in [0.4, 0.5) is 5.69 Å². The van der Waals surface area contributed by atoms with Crippen molar-refractivity contribution in [3.05, 3.63) is 76.3 Å². The van der Waals surface area contributed by atoms with Crippen LogP contribution in [0, 0.1) is 29.6 Å². The second-order valence-corrected chi connectivity index (χ2v) is 7.13. The molecule has 0 spiro atoms. The summed E-state index contributed by atoms with van der Waals surface area (Å²) in [5.41, 5.74) is 2.76. The predicted molar refractivity (Wildman–Crippen MR) is 108 cm³/mol. The third-order valence-electron chi connectivity index (χ3n) is 4.29. The molecule has 7 heteroatoms. The van der Waals surface area contributed by atoms with Crippen molar-refractivity contribution in [1.82, 2.24) is 9.78 Å². The van der Waals surface area contributed by atoms with Gasteiger partial charge in [-0.1, -0.05) is 18.2 Å². The van der Waals surface area contributed by atoms with E-state index in [1.165, 1.54) is 23.5 Å². The van der Waals surface area contributed by atoms with Crippen molar-refractivity contribution >= 4 is 33.1 Å². The van der Waals surface area contributed by atoms with Crippen LogP contribution in [-0.2, 0) is 0 Å². The summed E-state index contributed by atoms with van der Waals surface area (Å²) in [7, 11) is 0. The maximum atomic E-state index is 12.7. The number of nitrogens with zero attached hydrogens (tertiary/aromatic N) is 4. The Morgan fingerprint density at radius 3 is 2.54 bits per heavy atom. The van der Waals surface area contributed by atoms with Crippen molar-refractivity contribution in [3.63, 3.8) is 0 Å². The van der Waals surface area contributed by atoms with Gasteiger partial charge in [-0.15, -0.1) is 11.3 Å². The topological polar surface area (TPSA) is 94.5 Å². The van der Waals surface area contributed by atoms with E-state index in [0.29, 0.717) is 10.6 Å². The highest BCUT2D eigenvalue weighted by Crippen LogP contribution is 2.31. The molecule has 0 atom stereocenters. The van der Waals surface area contributed by atoms with E-state index in [4.69, 9.17) is 10.5 Å². The van der Waals surface area contributed by atoms with Gasteiger partial charge in [-0.2, -0.15) is 15.6 Å². The van der Waals surface area contributed by atoms with Crippen LogP contribution in [0.25, 0.3) is 15.9 Å². The Morgan fingerprint density at radius 1 is 1.07 bits per heavy atom. The molecule has 0 aliphatic heterocycles. The van der Waals surface area contributed by atoms with Crippen LogP contribution >= 0.6 is 11.3 Å². The van der Waals surface area contributed by atoms with E-state index >= 15 is 0 Å². The van der Waals surface area contributed by atoms with Crippen molar-refractivity contribution in [1.29, 1.82) is 10.5 Å². The number of aromatic nitrogens is 2. The number of thiophene rings is 1. The molecule has 0 bridgehead atoms. The van der Waals surface area contributed by atoms with Crippen molar-refractivity contribution in [3.8, 4) is 17.8 Å². The van der Waals surface area contributed by atoms with Crippen LogP contribution in [-0.4, -0.2) is 15.7 Å². The predicted octanol–water partition coefficient (Wildman–Crippen LogP) is 4.39. The molecular formula is C21H13N5OS. The quantitative estimate of drug-likeness (QED) is 0.567. The van der Waals surface area contributed by atoms with E-state index in [0.717, 1.165) is 21.6 Å². The van der Waals surface area contributed by atoms with E-state index in [1.807, 2.05) is 60.1 Å². The van der Waals surface area contributed by atoms with Gasteiger partial charge in [0.25, 0.3) is 5.91 Å². The minimum atomic E-state index is -0.270. The number of carbonyl (C=O) groups excluding carboxylic acids is 1. The number of amides is 1. The second kappa shape index (κ2) is 6.99. The van der Waals surface area contributed by atoms with Gasteiger partial charge in [0.2, 0.25) is 0 Å². The molecule has 2 aromatic carbocycles. The average molecular weight is 383 g/mol. The van der Waals surface area contributed by atoms with Crippen LogP contribution in [0.15, 0.2) is 54.6 Å². The summed E-state index contributed by atoms with van der Waals surface area (Å²) >= 11 is 1.36. The fraction of sp³-hybridized carbons (Fsp3) is 0.0476. The number of fused-ring (bicyclic) bond motifs is 1. The molecule has 2 heterocycles. The number of hydrogen-bond acceptors (Lipinski definition) is 5. The molecule has 2 aromatic heterocycles. The molecule has 0 radical (unpaired) electrons. The molecule has 0 saturated heterocycles. The monoisotopic (exact) mass is 383 g/mol. The lowest BCUT2D eigenvalue weighted by Crippen LogP contribution is -2.10. The van der Waals surface area contributed by atoms with Crippen molar-refractivity contribution < 1.29 is 4.79 Å². The Bertz CT molecular complexity index is 1290. The number of carbonyl (C=O) groups is 1. The first-order valence-corrected chi connectivity index (χ1v) is 9.22. The van der Waals surface area contributed by atoms with Crippen LogP contribution in [0.3, 0.4) is 0 Å². The number of anilines is 1. The number of aryl methyl sites for hydroxylation is 1. The van der Waals surface area contributed by atoms with Crippen LogP contribution < -0.4 is 5.32 Å². The number of para-hydroxylation sites is 1. The van der Waals surface area contributed by atoms with Crippen molar-refractivity contribution in [2.75, 3.05) is 5.32 Å². The van der Waals surface area contributed by atoms with E-state index in [1.54, 1.807) is 6.07 Å². The summed E-state index contributed by atoms with van der Waals surface area (Å²) in [5.74, 6) is -0.270. The molecule has 0 aliphatic carbocycles. The fourth-order valence-electron chi connectivity index (χ4n) is 2.91. The number of nitriles is 2. The minimum Gasteiger partial charge on any atom is -0.321 e. The summed E-state index contributed by atoms with van der Waals surface area (Å²) in [6.45, 7) is 1.91. The fourth-order valence-corrected chi connectivity index (χ4v) is 3.99. The minimum absolute atomic E-state index is 0.229. The zero-order valence-corrected chi connectivity index (χ0v) is 15.6. The summed E-state index contributed by atoms with van der Waals surface area (Å²) in [4.78, 5) is 14.2. The highest BCUT2D eigenvalue weighted by molar-refractivity contribution is 7.20. The average Bonchev–Trinajstić information content (AvgIpc) is 3.29. The number of benzene rings is 2. The van der Waals surface area contributed by atoms with Gasteiger partial charge < -0.3 is 5.32 Å². The Kier molecular flexibility index (Phi) is 4.36. The smallest absolute Gasteiger partial charge is 0.265 e. The lowest BCUT2D eigenvalue weighted by atomic mass is 10.1.